The van der Waals surface area contributed by atoms with Crippen molar-refractivity contribution < 1.29 is 14.3 Å². The maximum absolute atomic E-state index is 12.6. The quantitative estimate of drug-likeness (QED) is 0.584. The van der Waals surface area contributed by atoms with E-state index in [1.807, 2.05) is 30.3 Å². The number of benzene rings is 3. The summed E-state index contributed by atoms with van der Waals surface area (Å²) < 4.78 is 5.78. The Hall–Kier alpha value is -3.60. The van der Waals surface area contributed by atoms with Crippen LogP contribution in [0.5, 0.6) is 11.5 Å². The molecule has 1 heterocycles. The number of nitrogens with zero attached hydrogens (tertiary/aromatic N) is 1. The number of imide groups is 1. The van der Waals surface area contributed by atoms with Gasteiger partial charge in [0, 0.05) is 6.07 Å². The topological polar surface area (TPSA) is 72.6 Å². The lowest BCUT2D eigenvalue weighted by Gasteiger charge is -2.17. The van der Waals surface area contributed by atoms with Gasteiger partial charge in [-0.3, -0.25) is 9.59 Å². The van der Waals surface area contributed by atoms with E-state index >= 15 is 0 Å². The van der Waals surface area contributed by atoms with Crippen molar-refractivity contribution in [3.63, 3.8) is 0 Å². The SMILES string of the molecule is Nc1ccc(Oc2ccccc2)cc1N1C(=O)c2ccccc2C1=O. The van der Waals surface area contributed by atoms with Crippen LogP contribution in [0.1, 0.15) is 20.7 Å². The van der Waals surface area contributed by atoms with Gasteiger partial charge in [-0.1, -0.05) is 30.3 Å². The highest BCUT2D eigenvalue weighted by Gasteiger charge is 2.37. The van der Waals surface area contributed by atoms with E-state index in [1.165, 1.54) is 0 Å². The minimum Gasteiger partial charge on any atom is -0.457 e. The third kappa shape index (κ3) is 2.52. The summed E-state index contributed by atoms with van der Waals surface area (Å²) in [5, 5.41) is 0. The molecule has 0 aromatic heterocycles. The lowest BCUT2D eigenvalue weighted by Crippen LogP contribution is -2.30. The summed E-state index contributed by atoms with van der Waals surface area (Å²) >= 11 is 0. The van der Waals surface area contributed by atoms with Gasteiger partial charge in [-0.25, -0.2) is 4.90 Å². The molecule has 1 aliphatic heterocycles. The molecule has 122 valence electrons. The molecule has 5 heteroatoms. The van der Waals surface area contributed by atoms with Crippen LogP contribution < -0.4 is 15.4 Å². The first-order chi connectivity index (χ1) is 12.1. The number of carbonyl (C=O) groups is 2. The van der Waals surface area contributed by atoms with E-state index in [4.69, 9.17) is 10.5 Å². The van der Waals surface area contributed by atoms with Crippen molar-refractivity contribution in [2.75, 3.05) is 10.6 Å². The van der Waals surface area contributed by atoms with Crippen molar-refractivity contribution in [3.8, 4) is 11.5 Å². The van der Waals surface area contributed by atoms with Gasteiger partial charge in [-0.2, -0.15) is 0 Å². The van der Waals surface area contributed by atoms with E-state index in [0.717, 1.165) is 4.90 Å². The first-order valence-corrected chi connectivity index (χ1v) is 7.75. The fourth-order valence-electron chi connectivity index (χ4n) is 2.81. The van der Waals surface area contributed by atoms with Gasteiger partial charge >= 0.3 is 0 Å². The lowest BCUT2D eigenvalue weighted by molar-refractivity contribution is 0.0926. The van der Waals surface area contributed by atoms with Gasteiger partial charge in [0.2, 0.25) is 0 Å². The third-order valence-electron chi connectivity index (χ3n) is 4.02. The predicted molar refractivity (Wildman–Crippen MR) is 95.0 cm³/mol. The summed E-state index contributed by atoms with van der Waals surface area (Å²) in [6.07, 6.45) is 0. The summed E-state index contributed by atoms with van der Waals surface area (Å²) in [5.41, 5.74) is 7.42. The molecule has 2 amide bonds. The minimum atomic E-state index is -0.385. The highest BCUT2D eigenvalue weighted by atomic mass is 16.5. The normalized spacial score (nSPS) is 13.0. The van der Waals surface area contributed by atoms with Crippen LogP contribution in [0.25, 0.3) is 0 Å². The summed E-state index contributed by atoms with van der Waals surface area (Å²) in [4.78, 5) is 26.4. The fraction of sp³-hybridized carbons (Fsp3) is 0. The van der Waals surface area contributed by atoms with E-state index in [-0.39, 0.29) is 11.8 Å². The zero-order valence-corrected chi connectivity index (χ0v) is 13.2. The smallest absolute Gasteiger partial charge is 0.266 e. The predicted octanol–water partition coefficient (Wildman–Crippen LogP) is 3.86. The van der Waals surface area contributed by atoms with Crippen LogP contribution in [0, 0.1) is 0 Å². The number of amides is 2. The van der Waals surface area contributed by atoms with Gasteiger partial charge in [-0.05, 0) is 36.4 Å². The number of rotatable bonds is 3. The molecule has 4 rings (SSSR count). The van der Waals surface area contributed by atoms with E-state index in [0.29, 0.717) is 34.0 Å². The van der Waals surface area contributed by atoms with E-state index in [1.54, 1.807) is 42.5 Å². The van der Waals surface area contributed by atoms with Crippen molar-refractivity contribution in [3.05, 3.63) is 83.9 Å². The molecule has 3 aromatic carbocycles. The molecule has 0 unspecified atom stereocenters. The third-order valence-corrected chi connectivity index (χ3v) is 4.02. The Balaban J connectivity index is 1.73. The standard InChI is InChI=1S/C20H14N2O3/c21-17-11-10-14(25-13-6-2-1-3-7-13)12-18(17)22-19(23)15-8-4-5-9-16(15)20(22)24/h1-12H,21H2. The number of ether oxygens (including phenoxy) is 1. The Morgan fingerprint density at radius 1 is 0.720 bits per heavy atom. The molecule has 0 saturated heterocycles. The Morgan fingerprint density at radius 2 is 1.32 bits per heavy atom. The zero-order valence-electron chi connectivity index (χ0n) is 13.2. The molecule has 0 spiro atoms. The molecule has 25 heavy (non-hydrogen) atoms. The minimum absolute atomic E-state index is 0.319. The molecule has 0 radical (unpaired) electrons. The number of fused-ring (bicyclic) bond motifs is 1. The summed E-state index contributed by atoms with van der Waals surface area (Å²) in [6, 6.07) is 20.9. The monoisotopic (exact) mass is 330 g/mol. The summed E-state index contributed by atoms with van der Waals surface area (Å²) in [7, 11) is 0. The first-order valence-electron chi connectivity index (χ1n) is 7.75. The second kappa shape index (κ2) is 5.79. The Labute approximate surface area is 144 Å². The molecule has 0 fully saturated rings. The van der Waals surface area contributed by atoms with Crippen molar-refractivity contribution in [2.45, 2.75) is 0 Å². The van der Waals surface area contributed by atoms with Crippen LogP contribution in [-0.4, -0.2) is 11.8 Å². The Kier molecular flexibility index (Phi) is 3.47. The average Bonchev–Trinajstić information content (AvgIpc) is 2.89. The summed E-state index contributed by atoms with van der Waals surface area (Å²) in [5.74, 6) is 0.376. The Morgan fingerprint density at radius 3 is 1.96 bits per heavy atom. The van der Waals surface area contributed by atoms with Gasteiger partial charge in [0.1, 0.15) is 11.5 Å². The highest BCUT2D eigenvalue weighted by molar-refractivity contribution is 6.35. The highest BCUT2D eigenvalue weighted by Crippen LogP contribution is 2.35. The van der Waals surface area contributed by atoms with Gasteiger partial charge < -0.3 is 10.5 Å². The number of hydrogen-bond donors (Lipinski definition) is 1. The van der Waals surface area contributed by atoms with E-state index in [2.05, 4.69) is 0 Å². The zero-order chi connectivity index (χ0) is 17.4. The molecule has 5 nitrogen and oxygen atoms in total. The van der Waals surface area contributed by atoms with Gasteiger partial charge in [0.25, 0.3) is 11.8 Å². The van der Waals surface area contributed by atoms with Crippen molar-refractivity contribution in [1.82, 2.24) is 0 Å². The number of para-hydroxylation sites is 1. The second-order valence-corrected chi connectivity index (χ2v) is 5.63. The molecule has 0 bridgehead atoms. The number of hydrogen-bond acceptors (Lipinski definition) is 4. The maximum Gasteiger partial charge on any atom is 0.266 e. The molecule has 3 aromatic rings. The van der Waals surface area contributed by atoms with Crippen LogP contribution in [-0.2, 0) is 0 Å². The maximum atomic E-state index is 12.6. The Bertz CT molecular complexity index is 948. The van der Waals surface area contributed by atoms with Crippen LogP contribution in [0.2, 0.25) is 0 Å². The fourth-order valence-corrected chi connectivity index (χ4v) is 2.81. The molecular formula is C20H14N2O3. The molecule has 0 saturated carbocycles. The van der Waals surface area contributed by atoms with Crippen LogP contribution in [0.3, 0.4) is 0 Å². The van der Waals surface area contributed by atoms with Crippen molar-refractivity contribution in [2.24, 2.45) is 0 Å². The summed E-state index contributed by atoms with van der Waals surface area (Å²) in [6.45, 7) is 0. The molecular weight excluding hydrogens is 316 g/mol. The van der Waals surface area contributed by atoms with E-state index < -0.39 is 0 Å². The lowest BCUT2D eigenvalue weighted by atomic mass is 10.1. The van der Waals surface area contributed by atoms with Crippen molar-refractivity contribution >= 4 is 23.2 Å². The number of anilines is 2. The molecule has 2 N–H and O–H groups in total. The van der Waals surface area contributed by atoms with Crippen LogP contribution >= 0.6 is 0 Å². The molecule has 0 aliphatic carbocycles. The van der Waals surface area contributed by atoms with Gasteiger partial charge in [0.15, 0.2) is 0 Å². The first kappa shape index (κ1) is 15.0. The van der Waals surface area contributed by atoms with Crippen LogP contribution in [0.15, 0.2) is 72.8 Å². The van der Waals surface area contributed by atoms with Crippen molar-refractivity contribution in [1.29, 1.82) is 0 Å². The number of nitrogens with two attached hydrogens (primary N) is 1. The largest absolute Gasteiger partial charge is 0.457 e. The average molecular weight is 330 g/mol. The molecule has 0 atom stereocenters. The molecule has 1 aliphatic rings. The van der Waals surface area contributed by atoms with E-state index in [9.17, 15) is 9.59 Å². The van der Waals surface area contributed by atoms with Gasteiger partial charge in [0.05, 0.1) is 22.5 Å². The second-order valence-electron chi connectivity index (χ2n) is 5.63. The number of carbonyl (C=O) groups excluding carboxylic acids is 2. The van der Waals surface area contributed by atoms with Crippen LogP contribution in [0.4, 0.5) is 11.4 Å². The van der Waals surface area contributed by atoms with Gasteiger partial charge in [-0.15, -0.1) is 0 Å². The number of nitrogen functional groups attached to an aromatic ring is 1.